The molecule has 0 fully saturated rings. The van der Waals surface area contributed by atoms with Crippen LogP contribution in [-0.4, -0.2) is 18.7 Å². The van der Waals surface area contributed by atoms with Crippen molar-refractivity contribution in [3.63, 3.8) is 0 Å². The molecule has 0 radical (unpaired) electrons. The second-order valence-electron chi connectivity index (χ2n) is 3.03. The highest BCUT2D eigenvalue weighted by Gasteiger charge is 2.12. The van der Waals surface area contributed by atoms with E-state index in [1.165, 1.54) is 12.1 Å². The minimum absolute atomic E-state index is 0.00652. The maximum absolute atomic E-state index is 12.0. The standard InChI is InChI=1S/C11H10F2O3/c1-2-9(15)7-3-4-8(6-14)10(5-7)16-11(12)13/h3-6,11H,2H2,1H3. The number of hydrogen-bond donors (Lipinski definition) is 0. The summed E-state index contributed by atoms with van der Waals surface area (Å²) in [5.41, 5.74) is 0.247. The van der Waals surface area contributed by atoms with E-state index in [0.29, 0.717) is 6.29 Å². The summed E-state index contributed by atoms with van der Waals surface area (Å²) < 4.78 is 28.2. The summed E-state index contributed by atoms with van der Waals surface area (Å²) in [4.78, 5) is 21.9. The Morgan fingerprint density at radius 3 is 2.69 bits per heavy atom. The third-order valence-corrected chi connectivity index (χ3v) is 2.00. The van der Waals surface area contributed by atoms with Gasteiger partial charge in [-0.25, -0.2) is 0 Å². The maximum atomic E-state index is 12.0. The molecule has 0 aliphatic heterocycles. The fraction of sp³-hybridized carbons (Fsp3) is 0.273. The molecule has 1 aromatic carbocycles. The zero-order valence-corrected chi connectivity index (χ0v) is 8.57. The molecule has 0 saturated heterocycles. The lowest BCUT2D eigenvalue weighted by molar-refractivity contribution is -0.0501. The number of halogens is 2. The van der Waals surface area contributed by atoms with Crippen molar-refractivity contribution in [3.8, 4) is 5.75 Å². The number of ether oxygens (including phenoxy) is 1. The summed E-state index contributed by atoms with van der Waals surface area (Å²) in [6.45, 7) is -1.37. The summed E-state index contributed by atoms with van der Waals surface area (Å²) in [7, 11) is 0. The van der Waals surface area contributed by atoms with Gasteiger partial charge >= 0.3 is 6.61 Å². The minimum Gasteiger partial charge on any atom is -0.434 e. The molecular weight excluding hydrogens is 218 g/mol. The lowest BCUT2D eigenvalue weighted by atomic mass is 10.1. The van der Waals surface area contributed by atoms with Crippen LogP contribution in [0.2, 0.25) is 0 Å². The predicted molar refractivity (Wildman–Crippen MR) is 53.1 cm³/mol. The van der Waals surface area contributed by atoms with E-state index >= 15 is 0 Å². The maximum Gasteiger partial charge on any atom is 0.387 e. The third kappa shape index (κ3) is 2.85. The predicted octanol–water partition coefficient (Wildman–Crippen LogP) is 2.69. The van der Waals surface area contributed by atoms with E-state index in [1.807, 2.05) is 0 Å². The summed E-state index contributed by atoms with van der Waals surface area (Å²) in [5.74, 6) is -0.471. The minimum atomic E-state index is -3.02. The molecule has 0 atom stereocenters. The Bertz CT molecular complexity index is 402. The first-order valence-corrected chi connectivity index (χ1v) is 4.65. The molecule has 0 saturated carbocycles. The Morgan fingerprint density at radius 1 is 1.50 bits per heavy atom. The van der Waals surface area contributed by atoms with Gasteiger partial charge in [-0.15, -0.1) is 0 Å². The van der Waals surface area contributed by atoms with Gasteiger partial charge < -0.3 is 4.74 Å². The fourth-order valence-electron chi connectivity index (χ4n) is 1.21. The molecular formula is C11H10F2O3. The van der Waals surface area contributed by atoms with Gasteiger partial charge in [0.05, 0.1) is 5.56 Å². The van der Waals surface area contributed by atoms with E-state index in [0.717, 1.165) is 6.07 Å². The Morgan fingerprint density at radius 2 is 2.19 bits per heavy atom. The summed E-state index contributed by atoms with van der Waals surface area (Å²) in [5, 5.41) is 0. The zero-order valence-electron chi connectivity index (χ0n) is 8.57. The van der Waals surface area contributed by atoms with Crippen molar-refractivity contribution in [2.24, 2.45) is 0 Å². The SMILES string of the molecule is CCC(=O)c1ccc(C=O)c(OC(F)F)c1. The van der Waals surface area contributed by atoms with Crippen LogP contribution in [0.4, 0.5) is 8.78 Å². The highest BCUT2D eigenvalue weighted by molar-refractivity contribution is 5.97. The second-order valence-corrected chi connectivity index (χ2v) is 3.03. The third-order valence-electron chi connectivity index (χ3n) is 2.00. The molecule has 0 aromatic heterocycles. The molecule has 0 N–H and O–H groups in total. The van der Waals surface area contributed by atoms with Gasteiger partial charge in [0.25, 0.3) is 0 Å². The molecule has 0 unspecified atom stereocenters. The number of carbonyl (C=O) groups excluding carboxylic acids is 2. The normalized spacial score (nSPS) is 10.2. The van der Waals surface area contributed by atoms with Gasteiger partial charge in [-0.2, -0.15) is 8.78 Å². The quantitative estimate of drug-likeness (QED) is 0.574. The van der Waals surface area contributed by atoms with Gasteiger partial charge in [-0.1, -0.05) is 13.0 Å². The molecule has 0 aliphatic rings. The van der Waals surface area contributed by atoms with Crippen molar-refractivity contribution >= 4 is 12.1 Å². The number of aldehydes is 1. The van der Waals surface area contributed by atoms with E-state index in [1.54, 1.807) is 6.92 Å². The number of alkyl halides is 2. The number of carbonyl (C=O) groups is 2. The molecule has 5 heteroatoms. The van der Waals surface area contributed by atoms with Gasteiger partial charge in [0.1, 0.15) is 5.75 Å². The number of benzene rings is 1. The van der Waals surface area contributed by atoms with Crippen LogP contribution in [0.3, 0.4) is 0 Å². The van der Waals surface area contributed by atoms with Gasteiger partial charge in [0.2, 0.25) is 0 Å². The number of Topliss-reactive ketones (excluding diaryl/α,β-unsaturated/α-hetero) is 1. The van der Waals surface area contributed by atoms with Crippen LogP contribution in [0, 0.1) is 0 Å². The van der Waals surface area contributed by atoms with Crippen molar-refractivity contribution in [2.45, 2.75) is 20.0 Å². The number of rotatable bonds is 5. The summed E-state index contributed by atoms with van der Waals surface area (Å²) >= 11 is 0. The average Bonchev–Trinajstić information content (AvgIpc) is 2.27. The number of hydrogen-bond acceptors (Lipinski definition) is 3. The van der Waals surface area contributed by atoms with E-state index in [4.69, 9.17) is 0 Å². The van der Waals surface area contributed by atoms with E-state index in [2.05, 4.69) is 4.74 Å². The van der Waals surface area contributed by atoms with Crippen LogP contribution in [0.15, 0.2) is 18.2 Å². The largest absolute Gasteiger partial charge is 0.434 e. The van der Waals surface area contributed by atoms with Crippen molar-refractivity contribution in [3.05, 3.63) is 29.3 Å². The topological polar surface area (TPSA) is 43.4 Å². The Balaban J connectivity index is 3.10. The number of ketones is 1. The van der Waals surface area contributed by atoms with Crippen LogP contribution in [0.5, 0.6) is 5.75 Å². The van der Waals surface area contributed by atoms with Gasteiger partial charge in [0.15, 0.2) is 12.1 Å². The first-order valence-electron chi connectivity index (χ1n) is 4.65. The summed E-state index contributed by atoms with van der Waals surface area (Å²) in [6.07, 6.45) is 0.659. The zero-order chi connectivity index (χ0) is 12.1. The monoisotopic (exact) mass is 228 g/mol. The Kier molecular flexibility index (Phi) is 4.10. The molecule has 0 bridgehead atoms. The fourth-order valence-corrected chi connectivity index (χ4v) is 1.21. The Hall–Kier alpha value is -1.78. The molecule has 1 rings (SSSR count). The van der Waals surface area contributed by atoms with Crippen LogP contribution < -0.4 is 4.74 Å². The molecule has 0 heterocycles. The van der Waals surface area contributed by atoms with Crippen LogP contribution in [-0.2, 0) is 0 Å². The lowest BCUT2D eigenvalue weighted by Gasteiger charge is -2.08. The molecule has 0 spiro atoms. The van der Waals surface area contributed by atoms with Crippen molar-refractivity contribution < 1.29 is 23.1 Å². The molecule has 1 aromatic rings. The van der Waals surface area contributed by atoms with Gasteiger partial charge in [0, 0.05) is 12.0 Å². The highest BCUT2D eigenvalue weighted by Crippen LogP contribution is 2.21. The van der Waals surface area contributed by atoms with Gasteiger partial charge in [-0.05, 0) is 12.1 Å². The molecule has 86 valence electrons. The van der Waals surface area contributed by atoms with Gasteiger partial charge in [-0.3, -0.25) is 9.59 Å². The van der Waals surface area contributed by atoms with Crippen LogP contribution in [0.25, 0.3) is 0 Å². The van der Waals surface area contributed by atoms with E-state index in [-0.39, 0.29) is 29.1 Å². The lowest BCUT2D eigenvalue weighted by Crippen LogP contribution is -2.06. The average molecular weight is 228 g/mol. The second kappa shape index (κ2) is 5.34. The highest BCUT2D eigenvalue weighted by atomic mass is 19.3. The molecule has 0 aliphatic carbocycles. The van der Waals surface area contributed by atoms with E-state index < -0.39 is 6.61 Å². The van der Waals surface area contributed by atoms with Crippen LogP contribution in [0.1, 0.15) is 34.1 Å². The van der Waals surface area contributed by atoms with Crippen molar-refractivity contribution in [1.82, 2.24) is 0 Å². The molecule has 16 heavy (non-hydrogen) atoms. The van der Waals surface area contributed by atoms with E-state index in [9.17, 15) is 18.4 Å². The Labute approximate surface area is 91.0 Å². The first-order chi connectivity index (χ1) is 7.58. The van der Waals surface area contributed by atoms with Crippen molar-refractivity contribution in [2.75, 3.05) is 0 Å². The van der Waals surface area contributed by atoms with Crippen molar-refractivity contribution in [1.29, 1.82) is 0 Å². The smallest absolute Gasteiger partial charge is 0.387 e. The van der Waals surface area contributed by atoms with Crippen LogP contribution >= 0.6 is 0 Å². The summed E-state index contributed by atoms with van der Waals surface area (Å²) in [6, 6.07) is 3.85. The molecule has 0 amide bonds. The molecule has 3 nitrogen and oxygen atoms in total. The first kappa shape index (κ1) is 12.3.